The molecular formula is C17H15N3O2S. The maximum Gasteiger partial charge on any atom is 0.220 e. The number of anilines is 1. The molecule has 0 saturated carbocycles. The van der Waals surface area contributed by atoms with Gasteiger partial charge in [0, 0.05) is 11.9 Å². The van der Waals surface area contributed by atoms with E-state index in [0.717, 1.165) is 16.8 Å². The smallest absolute Gasteiger partial charge is 0.220 e. The molecule has 116 valence electrons. The summed E-state index contributed by atoms with van der Waals surface area (Å²) in [6.07, 6.45) is 4.45. The molecule has 1 heterocycles. The predicted octanol–water partition coefficient (Wildman–Crippen LogP) is 3.16. The summed E-state index contributed by atoms with van der Waals surface area (Å²) in [5, 5.41) is 3.14. The van der Waals surface area contributed by atoms with Crippen LogP contribution in [-0.4, -0.2) is 27.8 Å². The zero-order chi connectivity index (χ0) is 16.6. The van der Waals surface area contributed by atoms with Crippen LogP contribution in [0.1, 0.15) is 32.0 Å². The van der Waals surface area contributed by atoms with Crippen molar-refractivity contribution in [1.82, 2.24) is 9.97 Å². The lowest BCUT2D eigenvalue weighted by Gasteiger charge is -2.20. The number of nitrogens with zero attached hydrogens (tertiary/aromatic N) is 2. The zero-order valence-electron chi connectivity index (χ0n) is 13.0. The average Bonchev–Trinajstić information content (AvgIpc) is 2.56. The fraction of sp³-hybridized carbons (Fsp3) is 0.176. The maximum atomic E-state index is 12.8. The summed E-state index contributed by atoms with van der Waals surface area (Å²) in [6.45, 7) is 3.93. The number of hydrogen-bond acceptors (Lipinski definition) is 6. The van der Waals surface area contributed by atoms with E-state index in [2.05, 4.69) is 15.3 Å². The highest BCUT2D eigenvalue weighted by atomic mass is 32.2. The van der Waals surface area contributed by atoms with Crippen molar-refractivity contribution in [2.45, 2.75) is 13.8 Å². The van der Waals surface area contributed by atoms with Crippen molar-refractivity contribution in [3.05, 3.63) is 63.7 Å². The van der Waals surface area contributed by atoms with Gasteiger partial charge in [-0.2, -0.15) is 0 Å². The fourth-order valence-electron chi connectivity index (χ4n) is 2.45. The standard InChI is InChI=1S/C17H15N3O2S/c1-9-4-5-10(2)12(6-9)20-14-15(21)11-7-18-8-19-13(11)16(22)17(14)23-3/h4-8,20H,1-3H3. The molecule has 0 spiro atoms. The molecule has 1 aliphatic carbocycles. The molecule has 1 aromatic heterocycles. The van der Waals surface area contributed by atoms with Crippen molar-refractivity contribution in [3.8, 4) is 0 Å². The summed E-state index contributed by atoms with van der Waals surface area (Å²) in [6, 6.07) is 5.93. The molecule has 23 heavy (non-hydrogen) atoms. The predicted molar refractivity (Wildman–Crippen MR) is 90.8 cm³/mol. The normalized spacial score (nSPS) is 14.0. The van der Waals surface area contributed by atoms with Crippen molar-refractivity contribution in [2.24, 2.45) is 0 Å². The summed E-state index contributed by atoms with van der Waals surface area (Å²) in [7, 11) is 0. The first kappa shape index (κ1) is 15.4. The Bertz CT molecular complexity index is 859. The molecule has 0 bridgehead atoms. The Morgan fingerprint density at radius 1 is 1.13 bits per heavy atom. The van der Waals surface area contributed by atoms with Crippen LogP contribution in [0.5, 0.6) is 0 Å². The molecule has 5 nitrogen and oxygen atoms in total. The third kappa shape index (κ3) is 2.66. The molecule has 0 atom stereocenters. The van der Waals surface area contributed by atoms with Gasteiger partial charge in [0.1, 0.15) is 17.7 Å². The van der Waals surface area contributed by atoms with Crippen LogP contribution in [0.25, 0.3) is 0 Å². The minimum Gasteiger partial charge on any atom is -0.351 e. The van der Waals surface area contributed by atoms with E-state index in [-0.39, 0.29) is 22.8 Å². The largest absolute Gasteiger partial charge is 0.351 e. The van der Waals surface area contributed by atoms with Crippen molar-refractivity contribution in [3.63, 3.8) is 0 Å². The van der Waals surface area contributed by atoms with Crippen molar-refractivity contribution in [2.75, 3.05) is 11.6 Å². The van der Waals surface area contributed by atoms with Crippen LogP contribution in [0.3, 0.4) is 0 Å². The highest BCUT2D eigenvalue weighted by Crippen LogP contribution is 2.31. The summed E-state index contributed by atoms with van der Waals surface area (Å²) in [4.78, 5) is 33.6. The van der Waals surface area contributed by atoms with E-state index in [9.17, 15) is 9.59 Å². The fourth-order valence-corrected chi connectivity index (χ4v) is 3.08. The average molecular weight is 325 g/mol. The molecule has 3 rings (SSSR count). The zero-order valence-corrected chi connectivity index (χ0v) is 13.8. The minimum absolute atomic E-state index is 0.167. The van der Waals surface area contributed by atoms with E-state index in [1.807, 2.05) is 32.0 Å². The number of carbonyl (C=O) groups is 2. The van der Waals surface area contributed by atoms with E-state index in [0.29, 0.717) is 10.6 Å². The second-order valence-electron chi connectivity index (χ2n) is 5.29. The van der Waals surface area contributed by atoms with Crippen LogP contribution in [0.15, 0.2) is 41.3 Å². The van der Waals surface area contributed by atoms with Gasteiger partial charge in [-0.1, -0.05) is 12.1 Å². The third-order valence-electron chi connectivity index (χ3n) is 3.69. The molecule has 0 amide bonds. The quantitative estimate of drug-likeness (QED) is 0.934. The monoisotopic (exact) mass is 325 g/mol. The number of rotatable bonds is 3. The molecule has 1 aliphatic rings. The van der Waals surface area contributed by atoms with E-state index >= 15 is 0 Å². The van der Waals surface area contributed by atoms with Crippen LogP contribution >= 0.6 is 11.8 Å². The first-order chi connectivity index (χ1) is 11.0. The second-order valence-corrected chi connectivity index (χ2v) is 6.11. The molecule has 0 unspecified atom stereocenters. The van der Waals surface area contributed by atoms with E-state index < -0.39 is 0 Å². The van der Waals surface area contributed by atoms with Gasteiger partial charge in [-0.3, -0.25) is 9.59 Å². The molecule has 0 fully saturated rings. The van der Waals surface area contributed by atoms with Gasteiger partial charge >= 0.3 is 0 Å². The van der Waals surface area contributed by atoms with E-state index in [1.54, 1.807) is 6.26 Å². The van der Waals surface area contributed by atoms with E-state index in [1.165, 1.54) is 24.3 Å². The van der Waals surface area contributed by atoms with Crippen molar-refractivity contribution >= 4 is 29.0 Å². The van der Waals surface area contributed by atoms with Gasteiger partial charge in [0.2, 0.25) is 11.6 Å². The number of ketones is 2. The van der Waals surface area contributed by atoms with E-state index in [4.69, 9.17) is 0 Å². The summed E-state index contributed by atoms with van der Waals surface area (Å²) >= 11 is 1.24. The number of hydrogen-bond donors (Lipinski definition) is 1. The Morgan fingerprint density at radius 2 is 1.91 bits per heavy atom. The SMILES string of the molecule is CSC1=C(Nc2cc(C)ccc2C)C(=O)c2cncnc2C1=O. The Balaban J connectivity index is 2.11. The number of aryl methyl sites for hydroxylation is 2. The van der Waals surface area contributed by atoms with Gasteiger partial charge < -0.3 is 5.32 Å². The highest BCUT2D eigenvalue weighted by molar-refractivity contribution is 8.03. The Hall–Kier alpha value is -2.47. The topological polar surface area (TPSA) is 72.0 Å². The molecule has 6 heteroatoms. The first-order valence-corrected chi connectivity index (χ1v) is 8.27. The summed E-state index contributed by atoms with van der Waals surface area (Å²) in [5.41, 5.74) is 3.58. The molecule has 1 aromatic carbocycles. The summed E-state index contributed by atoms with van der Waals surface area (Å²) in [5.74, 6) is -0.507. The lowest BCUT2D eigenvalue weighted by molar-refractivity contribution is 0.0978. The van der Waals surface area contributed by atoms with Crippen LogP contribution in [0.2, 0.25) is 0 Å². The number of nitrogens with one attached hydrogen (secondary N) is 1. The molecule has 0 saturated heterocycles. The highest BCUT2D eigenvalue weighted by Gasteiger charge is 2.33. The van der Waals surface area contributed by atoms with Crippen molar-refractivity contribution < 1.29 is 9.59 Å². The molecule has 1 N–H and O–H groups in total. The molecular weight excluding hydrogens is 310 g/mol. The molecule has 0 radical (unpaired) electrons. The number of Topliss-reactive ketones (excluding diaryl/α,β-unsaturated/α-hetero) is 2. The van der Waals surface area contributed by atoms with Crippen LogP contribution in [0.4, 0.5) is 5.69 Å². The van der Waals surface area contributed by atoms with Gasteiger partial charge in [0.15, 0.2) is 0 Å². The van der Waals surface area contributed by atoms with Crippen LogP contribution in [-0.2, 0) is 0 Å². The number of fused-ring (bicyclic) bond motifs is 1. The number of carbonyl (C=O) groups excluding carboxylic acids is 2. The first-order valence-electron chi connectivity index (χ1n) is 7.05. The van der Waals surface area contributed by atoms with Gasteiger partial charge in [0.05, 0.1) is 10.5 Å². The van der Waals surface area contributed by atoms with Crippen LogP contribution in [0, 0.1) is 13.8 Å². The second kappa shape index (κ2) is 5.96. The van der Waals surface area contributed by atoms with Gasteiger partial charge in [-0.15, -0.1) is 11.8 Å². The van der Waals surface area contributed by atoms with Gasteiger partial charge in [0.25, 0.3) is 0 Å². The lowest BCUT2D eigenvalue weighted by Crippen LogP contribution is -2.26. The summed E-state index contributed by atoms with van der Waals surface area (Å²) < 4.78 is 0. The van der Waals surface area contributed by atoms with Gasteiger partial charge in [-0.05, 0) is 37.3 Å². The minimum atomic E-state index is -0.259. The third-order valence-corrected chi connectivity index (χ3v) is 4.49. The van der Waals surface area contributed by atoms with Gasteiger partial charge in [-0.25, -0.2) is 9.97 Å². The Kier molecular flexibility index (Phi) is 4.00. The van der Waals surface area contributed by atoms with Crippen molar-refractivity contribution in [1.29, 1.82) is 0 Å². The number of aromatic nitrogens is 2. The Labute approximate surface area is 138 Å². The molecule has 2 aromatic rings. The lowest BCUT2D eigenvalue weighted by atomic mass is 9.97. The Morgan fingerprint density at radius 3 is 2.65 bits per heavy atom. The number of thioether (sulfide) groups is 1. The maximum absolute atomic E-state index is 12.8. The van der Waals surface area contributed by atoms with Crippen LogP contribution < -0.4 is 5.32 Å². The number of allylic oxidation sites excluding steroid dienone is 2. The number of benzene rings is 1. The molecule has 0 aliphatic heterocycles.